The second kappa shape index (κ2) is 6.17. The second-order valence-electron chi connectivity index (χ2n) is 4.70. The molecule has 1 aromatic carbocycles. The van der Waals surface area contributed by atoms with Crippen molar-refractivity contribution < 1.29 is 25.2 Å². The van der Waals surface area contributed by atoms with Gasteiger partial charge in [0.1, 0.15) is 24.4 Å². The maximum atomic E-state index is 9.90. The smallest absolute Gasteiger partial charge is 0.111 e. The van der Waals surface area contributed by atoms with Gasteiger partial charge in [0.25, 0.3) is 0 Å². The van der Waals surface area contributed by atoms with Gasteiger partial charge in [0.2, 0.25) is 0 Å². The molecule has 5 atom stereocenters. The molecule has 0 bridgehead atoms. The lowest BCUT2D eigenvalue weighted by atomic mass is 9.92. The number of aliphatic hydroxyl groups is 4. The molecule has 4 N–H and O–H groups in total. The quantitative estimate of drug-likeness (QED) is 0.614. The van der Waals surface area contributed by atoms with Crippen LogP contribution >= 0.6 is 11.6 Å². The van der Waals surface area contributed by atoms with E-state index in [9.17, 15) is 15.3 Å². The zero-order valence-electron chi connectivity index (χ0n) is 10.2. The van der Waals surface area contributed by atoms with Crippen LogP contribution in [0.5, 0.6) is 0 Å². The molecule has 106 valence electrons. The van der Waals surface area contributed by atoms with Crippen molar-refractivity contribution in [3.63, 3.8) is 0 Å². The van der Waals surface area contributed by atoms with Crippen molar-refractivity contribution in [2.45, 2.75) is 36.9 Å². The Kier molecular flexibility index (Phi) is 4.78. The van der Waals surface area contributed by atoms with Crippen LogP contribution in [0.3, 0.4) is 0 Å². The van der Waals surface area contributed by atoms with Gasteiger partial charge in [-0.05, 0) is 17.7 Å². The Balaban J connectivity index is 2.10. The maximum absolute atomic E-state index is 9.90. The van der Waals surface area contributed by atoms with E-state index in [4.69, 9.17) is 21.4 Å². The molecule has 0 spiro atoms. The third-order valence-electron chi connectivity index (χ3n) is 3.32. The maximum Gasteiger partial charge on any atom is 0.111 e. The molecule has 0 saturated carbocycles. The standard InChI is InChI=1S/C13H17ClO5/c14-8-3-1-2-7(4-8)5-9-11(16)13(18)12(17)10(6-15)19-9/h1-4,9-13,15-18H,5-6H2/t9-,10+,11-,12+,13+/m0/s1. The summed E-state index contributed by atoms with van der Waals surface area (Å²) in [6.07, 6.45) is -5.11. The number of hydrogen-bond donors (Lipinski definition) is 4. The van der Waals surface area contributed by atoms with E-state index in [1.807, 2.05) is 6.07 Å². The van der Waals surface area contributed by atoms with E-state index in [0.717, 1.165) is 5.56 Å². The molecule has 0 aliphatic carbocycles. The van der Waals surface area contributed by atoms with Gasteiger partial charge in [-0.3, -0.25) is 0 Å². The first kappa shape index (κ1) is 14.7. The van der Waals surface area contributed by atoms with Crippen LogP contribution in [0, 0.1) is 0 Å². The summed E-state index contributed by atoms with van der Waals surface area (Å²) >= 11 is 5.87. The third-order valence-corrected chi connectivity index (χ3v) is 3.55. The van der Waals surface area contributed by atoms with Gasteiger partial charge in [0, 0.05) is 11.4 Å². The van der Waals surface area contributed by atoms with Gasteiger partial charge in [-0.15, -0.1) is 0 Å². The lowest BCUT2D eigenvalue weighted by Crippen LogP contribution is -2.58. The van der Waals surface area contributed by atoms with E-state index in [1.165, 1.54) is 0 Å². The van der Waals surface area contributed by atoms with Crippen molar-refractivity contribution in [2.75, 3.05) is 6.61 Å². The van der Waals surface area contributed by atoms with Crippen molar-refractivity contribution in [3.8, 4) is 0 Å². The highest BCUT2D eigenvalue weighted by Gasteiger charge is 2.43. The fourth-order valence-corrected chi connectivity index (χ4v) is 2.46. The Bertz CT molecular complexity index is 425. The summed E-state index contributed by atoms with van der Waals surface area (Å²) in [5, 5.41) is 38.9. The van der Waals surface area contributed by atoms with Crippen molar-refractivity contribution in [2.24, 2.45) is 0 Å². The minimum atomic E-state index is -1.34. The average molecular weight is 289 g/mol. The van der Waals surface area contributed by atoms with E-state index in [-0.39, 0.29) is 0 Å². The first-order chi connectivity index (χ1) is 9.02. The lowest BCUT2D eigenvalue weighted by Gasteiger charge is -2.40. The summed E-state index contributed by atoms with van der Waals surface area (Å²) in [4.78, 5) is 0. The monoisotopic (exact) mass is 288 g/mol. The number of halogens is 1. The molecular weight excluding hydrogens is 272 g/mol. The highest BCUT2D eigenvalue weighted by molar-refractivity contribution is 6.30. The minimum Gasteiger partial charge on any atom is -0.394 e. The van der Waals surface area contributed by atoms with Crippen LogP contribution in [-0.4, -0.2) is 57.6 Å². The van der Waals surface area contributed by atoms with Gasteiger partial charge in [0.15, 0.2) is 0 Å². The molecule has 2 rings (SSSR count). The average Bonchev–Trinajstić information content (AvgIpc) is 2.39. The van der Waals surface area contributed by atoms with Crippen LogP contribution in [-0.2, 0) is 11.2 Å². The molecule has 1 saturated heterocycles. The van der Waals surface area contributed by atoms with E-state index < -0.39 is 37.1 Å². The molecule has 0 unspecified atom stereocenters. The van der Waals surface area contributed by atoms with E-state index in [2.05, 4.69) is 0 Å². The largest absolute Gasteiger partial charge is 0.394 e. The van der Waals surface area contributed by atoms with Crippen LogP contribution in [0.25, 0.3) is 0 Å². The SMILES string of the molecule is OC[C@H]1O[C@@H](Cc2cccc(Cl)c2)[C@H](O)[C@@H](O)[C@@H]1O. The van der Waals surface area contributed by atoms with Gasteiger partial charge in [-0.2, -0.15) is 0 Å². The fourth-order valence-electron chi connectivity index (χ4n) is 2.24. The molecule has 5 nitrogen and oxygen atoms in total. The van der Waals surface area contributed by atoms with E-state index in [1.54, 1.807) is 18.2 Å². The minimum absolute atomic E-state index is 0.335. The summed E-state index contributed by atoms with van der Waals surface area (Å²) in [7, 11) is 0. The van der Waals surface area contributed by atoms with E-state index in [0.29, 0.717) is 11.4 Å². The van der Waals surface area contributed by atoms with Crippen molar-refractivity contribution >= 4 is 11.6 Å². The molecule has 0 amide bonds. The summed E-state index contributed by atoms with van der Waals surface area (Å²) in [6, 6.07) is 7.08. The fraction of sp³-hybridized carbons (Fsp3) is 0.538. The first-order valence-electron chi connectivity index (χ1n) is 6.08. The Morgan fingerprint density at radius 3 is 2.37 bits per heavy atom. The number of hydrogen-bond acceptors (Lipinski definition) is 5. The van der Waals surface area contributed by atoms with Crippen LogP contribution < -0.4 is 0 Å². The van der Waals surface area contributed by atoms with Gasteiger partial charge in [-0.25, -0.2) is 0 Å². The van der Waals surface area contributed by atoms with Crippen molar-refractivity contribution in [1.82, 2.24) is 0 Å². The van der Waals surface area contributed by atoms with Gasteiger partial charge < -0.3 is 25.2 Å². The van der Waals surface area contributed by atoms with Gasteiger partial charge in [-0.1, -0.05) is 23.7 Å². The molecule has 1 aliphatic rings. The second-order valence-corrected chi connectivity index (χ2v) is 5.14. The number of aliphatic hydroxyl groups excluding tert-OH is 4. The molecule has 19 heavy (non-hydrogen) atoms. The Morgan fingerprint density at radius 1 is 1.05 bits per heavy atom. The number of rotatable bonds is 3. The zero-order chi connectivity index (χ0) is 14.0. The Hall–Kier alpha value is -0.690. The van der Waals surface area contributed by atoms with Crippen LogP contribution in [0.2, 0.25) is 5.02 Å². The summed E-state index contributed by atoms with van der Waals surface area (Å²) in [6.45, 7) is -0.420. The summed E-state index contributed by atoms with van der Waals surface area (Å²) in [5.41, 5.74) is 0.844. The molecule has 0 radical (unpaired) electrons. The first-order valence-corrected chi connectivity index (χ1v) is 6.45. The number of ether oxygens (including phenoxy) is 1. The Labute approximate surface area is 116 Å². The summed E-state index contributed by atoms with van der Waals surface area (Å²) in [5.74, 6) is 0. The highest BCUT2D eigenvalue weighted by Crippen LogP contribution is 2.24. The predicted molar refractivity (Wildman–Crippen MR) is 68.9 cm³/mol. The lowest BCUT2D eigenvalue weighted by molar-refractivity contribution is -0.228. The molecule has 6 heteroatoms. The highest BCUT2D eigenvalue weighted by atomic mass is 35.5. The molecule has 1 heterocycles. The zero-order valence-corrected chi connectivity index (χ0v) is 10.9. The van der Waals surface area contributed by atoms with Crippen LogP contribution in [0.1, 0.15) is 5.56 Å². The Morgan fingerprint density at radius 2 is 1.74 bits per heavy atom. The predicted octanol–water partition coefficient (Wildman–Crippen LogP) is -0.275. The molecule has 1 fully saturated rings. The normalized spacial score (nSPS) is 35.3. The molecule has 0 aromatic heterocycles. The third kappa shape index (κ3) is 3.25. The number of benzene rings is 1. The van der Waals surface area contributed by atoms with Crippen molar-refractivity contribution in [1.29, 1.82) is 0 Å². The molecule has 1 aliphatic heterocycles. The van der Waals surface area contributed by atoms with Crippen molar-refractivity contribution in [3.05, 3.63) is 34.9 Å². The van der Waals surface area contributed by atoms with Gasteiger partial charge >= 0.3 is 0 Å². The van der Waals surface area contributed by atoms with Gasteiger partial charge in [0.05, 0.1) is 12.7 Å². The van der Waals surface area contributed by atoms with E-state index >= 15 is 0 Å². The summed E-state index contributed by atoms with van der Waals surface area (Å²) < 4.78 is 5.42. The molecular formula is C13H17ClO5. The molecule has 1 aromatic rings. The van der Waals surface area contributed by atoms with Crippen LogP contribution in [0.4, 0.5) is 0 Å². The van der Waals surface area contributed by atoms with Crippen LogP contribution in [0.15, 0.2) is 24.3 Å². The topological polar surface area (TPSA) is 90.2 Å².